The molecule has 3 atom stereocenters. The lowest BCUT2D eigenvalue weighted by Gasteiger charge is -2.35. The van der Waals surface area contributed by atoms with Gasteiger partial charge in [-0.15, -0.1) is 0 Å². The van der Waals surface area contributed by atoms with Gasteiger partial charge < -0.3 is 20.4 Å². The molecule has 2 N–H and O–H groups in total. The van der Waals surface area contributed by atoms with E-state index in [2.05, 4.69) is 10.6 Å². The highest BCUT2D eigenvalue weighted by Crippen LogP contribution is 2.25. The van der Waals surface area contributed by atoms with Gasteiger partial charge >= 0.3 is 6.03 Å². The largest absolute Gasteiger partial charge is 0.341 e. The summed E-state index contributed by atoms with van der Waals surface area (Å²) in [5.41, 5.74) is 1.92. The molecule has 1 aromatic rings. The first-order valence-electron chi connectivity index (χ1n) is 10.3. The summed E-state index contributed by atoms with van der Waals surface area (Å²) in [6, 6.07) is 8.74. The molecule has 3 aliphatic heterocycles. The monoisotopic (exact) mass is 370 g/mol. The minimum absolute atomic E-state index is 0.0707. The third kappa shape index (κ3) is 4.26. The number of aryl methyl sites for hydroxylation is 1. The van der Waals surface area contributed by atoms with Crippen LogP contribution in [0.25, 0.3) is 0 Å². The molecule has 3 unspecified atom stereocenters. The van der Waals surface area contributed by atoms with Crippen molar-refractivity contribution in [3.63, 3.8) is 0 Å². The molecule has 6 nitrogen and oxygen atoms in total. The van der Waals surface area contributed by atoms with E-state index in [1.807, 2.05) is 36.1 Å². The first-order valence-corrected chi connectivity index (χ1v) is 10.3. The lowest BCUT2D eigenvalue weighted by atomic mass is 9.96. The third-order valence-corrected chi connectivity index (χ3v) is 6.16. The minimum Gasteiger partial charge on any atom is -0.341 e. The van der Waals surface area contributed by atoms with E-state index < -0.39 is 0 Å². The average Bonchev–Trinajstić information content (AvgIpc) is 3.00. The van der Waals surface area contributed by atoms with Gasteiger partial charge in [-0.05, 0) is 56.7 Å². The first-order chi connectivity index (χ1) is 13.1. The molecular formula is C21H30N4O2. The number of hydrogen-bond acceptors (Lipinski definition) is 3. The molecule has 0 aromatic heterocycles. The molecule has 3 amide bonds. The Morgan fingerprint density at radius 1 is 1.04 bits per heavy atom. The van der Waals surface area contributed by atoms with Crippen LogP contribution in [0.5, 0.6) is 0 Å². The molecule has 6 heteroatoms. The number of anilines is 1. The second kappa shape index (κ2) is 7.89. The maximum atomic E-state index is 13.1. The molecule has 3 aliphatic rings. The number of likely N-dealkylation sites (tertiary alicyclic amines) is 2. The highest BCUT2D eigenvalue weighted by Gasteiger charge is 2.35. The molecule has 0 spiro atoms. The quantitative estimate of drug-likeness (QED) is 0.841. The SMILES string of the molecule is Cc1cccc(NC(=O)N2CCCC(C(=O)N3CCC4CCC(C3)N4)C2)c1. The fourth-order valence-electron chi connectivity index (χ4n) is 4.69. The number of urea groups is 1. The van der Waals surface area contributed by atoms with Gasteiger partial charge in [-0.25, -0.2) is 4.79 Å². The molecule has 3 fully saturated rings. The second-order valence-corrected chi connectivity index (χ2v) is 8.30. The lowest BCUT2D eigenvalue weighted by Crippen LogP contribution is -2.49. The van der Waals surface area contributed by atoms with Crippen LogP contribution >= 0.6 is 0 Å². The Labute approximate surface area is 161 Å². The summed E-state index contributed by atoms with van der Waals surface area (Å²) >= 11 is 0. The summed E-state index contributed by atoms with van der Waals surface area (Å²) in [5, 5.41) is 6.61. The molecular weight excluding hydrogens is 340 g/mol. The van der Waals surface area contributed by atoms with Gasteiger partial charge in [-0.3, -0.25) is 4.79 Å². The highest BCUT2D eigenvalue weighted by molar-refractivity contribution is 5.90. The Morgan fingerprint density at radius 2 is 1.89 bits per heavy atom. The Kier molecular flexibility index (Phi) is 5.34. The van der Waals surface area contributed by atoms with E-state index in [1.165, 1.54) is 12.8 Å². The summed E-state index contributed by atoms with van der Waals surface area (Å²) in [6.45, 7) is 4.91. The third-order valence-electron chi connectivity index (χ3n) is 6.16. The van der Waals surface area contributed by atoms with Crippen LogP contribution in [0.1, 0.15) is 37.7 Å². The van der Waals surface area contributed by atoms with Crippen LogP contribution in [0.4, 0.5) is 10.5 Å². The van der Waals surface area contributed by atoms with E-state index >= 15 is 0 Å². The van der Waals surface area contributed by atoms with E-state index in [1.54, 1.807) is 4.90 Å². The van der Waals surface area contributed by atoms with E-state index in [0.29, 0.717) is 25.2 Å². The maximum absolute atomic E-state index is 13.1. The summed E-state index contributed by atoms with van der Waals surface area (Å²) in [5.74, 6) is 0.163. The van der Waals surface area contributed by atoms with Gasteiger partial charge in [-0.1, -0.05) is 12.1 Å². The molecule has 3 saturated heterocycles. The van der Waals surface area contributed by atoms with E-state index in [-0.39, 0.29) is 17.9 Å². The van der Waals surface area contributed by atoms with Crippen LogP contribution in [0.3, 0.4) is 0 Å². The molecule has 0 saturated carbocycles. The Balaban J connectivity index is 1.35. The predicted octanol–water partition coefficient (Wildman–Crippen LogP) is 2.59. The summed E-state index contributed by atoms with van der Waals surface area (Å²) < 4.78 is 0. The van der Waals surface area contributed by atoms with Crippen molar-refractivity contribution in [1.82, 2.24) is 15.1 Å². The van der Waals surface area contributed by atoms with Crippen molar-refractivity contribution < 1.29 is 9.59 Å². The van der Waals surface area contributed by atoms with Crippen molar-refractivity contribution in [1.29, 1.82) is 0 Å². The Morgan fingerprint density at radius 3 is 2.74 bits per heavy atom. The standard InChI is InChI=1S/C21H30N4O2/c1-15-4-2-6-18(12-15)23-21(27)25-10-3-5-16(13-25)20(26)24-11-9-17-7-8-19(14-24)22-17/h2,4,6,12,16-17,19,22H,3,5,7-11,13-14H2,1H3,(H,23,27). The van der Waals surface area contributed by atoms with Crippen molar-refractivity contribution in [2.75, 3.05) is 31.5 Å². The van der Waals surface area contributed by atoms with Crippen molar-refractivity contribution in [3.05, 3.63) is 29.8 Å². The van der Waals surface area contributed by atoms with Crippen molar-refractivity contribution in [3.8, 4) is 0 Å². The first kappa shape index (κ1) is 18.3. The smallest absolute Gasteiger partial charge is 0.321 e. The predicted molar refractivity (Wildman–Crippen MR) is 106 cm³/mol. The second-order valence-electron chi connectivity index (χ2n) is 8.30. The van der Waals surface area contributed by atoms with Crippen LogP contribution in [-0.2, 0) is 4.79 Å². The molecule has 3 heterocycles. The summed E-state index contributed by atoms with van der Waals surface area (Å²) in [4.78, 5) is 29.6. The van der Waals surface area contributed by atoms with Gasteiger partial charge in [0, 0.05) is 44.0 Å². The number of rotatable bonds is 2. The fraction of sp³-hybridized carbons (Fsp3) is 0.619. The summed E-state index contributed by atoms with van der Waals surface area (Å²) in [6.07, 6.45) is 5.22. The van der Waals surface area contributed by atoms with Crippen LogP contribution in [0.2, 0.25) is 0 Å². The van der Waals surface area contributed by atoms with Crippen molar-refractivity contribution in [2.45, 2.75) is 51.1 Å². The normalized spacial score (nSPS) is 28.0. The molecule has 27 heavy (non-hydrogen) atoms. The number of carbonyl (C=O) groups is 2. The van der Waals surface area contributed by atoms with Gasteiger partial charge in [0.2, 0.25) is 5.91 Å². The van der Waals surface area contributed by atoms with Gasteiger partial charge in [-0.2, -0.15) is 0 Å². The highest BCUT2D eigenvalue weighted by atomic mass is 16.2. The number of hydrogen-bond donors (Lipinski definition) is 2. The number of fused-ring (bicyclic) bond motifs is 2. The lowest BCUT2D eigenvalue weighted by molar-refractivity contribution is -0.137. The van der Waals surface area contributed by atoms with Crippen LogP contribution in [0.15, 0.2) is 24.3 Å². The molecule has 0 radical (unpaired) electrons. The molecule has 2 bridgehead atoms. The van der Waals surface area contributed by atoms with E-state index in [4.69, 9.17) is 0 Å². The molecule has 4 rings (SSSR count). The topological polar surface area (TPSA) is 64.7 Å². The fourth-order valence-corrected chi connectivity index (χ4v) is 4.69. The van der Waals surface area contributed by atoms with Crippen molar-refractivity contribution in [2.24, 2.45) is 5.92 Å². The van der Waals surface area contributed by atoms with Crippen LogP contribution < -0.4 is 10.6 Å². The number of nitrogens with one attached hydrogen (secondary N) is 2. The maximum Gasteiger partial charge on any atom is 0.321 e. The average molecular weight is 370 g/mol. The van der Waals surface area contributed by atoms with E-state index in [0.717, 1.165) is 43.6 Å². The van der Waals surface area contributed by atoms with Crippen LogP contribution in [0, 0.1) is 12.8 Å². The zero-order valence-corrected chi connectivity index (χ0v) is 16.1. The Hall–Kier alpha value is -2.08. The number of benzene rings is 1. The number of nitrogens with zero attached hydrogens (tertiary/aromatic N) is 2. The van der Waals surface area contributed by atoms with Gasteiger partial charge in [0.05, 0.1) is 5.92 Å². The zero-order valence-electron chi connectivity index (χ0n) is 16.1. The van der Waals surface area contributed by atoms with Crippen molar-refractivity contribution >= 4 is 17.6 Å². The molecule has 1 aromatic carbocycles. The number of piperidine rings is 1. The van der Waals surface area contributed by atoms with E-state index in [9.17, 15) is 9.59 Å². The van der Waals surface area contributed by atoms with Gasteiger partial charge in [0.25, 0.3) is 0 Å². The Bertz CT molecular complexity index is 707. The zero-order chi connectivity index (χ0) is 18.8. The number of carbonyl (C=O) groups excluding carboxylic acids is 2. The molecule has 0 aliphatic carbocycles. The van der Waals surface area contributed by atoms with Crippen LogP contribution in [-0.4, -0.2) is 60.0 Å². The summed E-state index contributed by atoms with van der Waals surface area (Å²) in [7, 11) is 0. The van der Waals surface area contributed by atoms with Gasteiger partial charge in [0.15, 0.2) is 0 Å². The number of amides is 3. The van der Waals surface area contributed by atoms with Gasteiger partial charge in [0.1, 0.15) is 0 Å². The minimum atomic E-state index is -0.102. The molecule has 146 valence electrons.